The minimum atomic E-state index is -3.75. The molecule has 1 aromatic rings. The van der Waals surface area contributed by atoms with Crippen molar-refractivity contribution in [3.8, 4) is 5.75 Å². The highest BCUT2D eigenvalue weighted by atomic mass is 35.5. The molecule has 2 aliphatic rings. The summed E-state index contributed by atoms with van der Waals surface area (Å²) in [7, 11) is -3.75. The second-order valence-electron chi connectivity index (χ2n) is 7.52. The zero-order valence-electron chi connectivity index (χ0n) is 15.5. The second-order valence-corrected chi connectivity index (χ2v) is 9.29. The number of rotatable bonds is 7. The molecule has 0 spiro atoms. The second kappa shape index (κ2) is 9.52. The summed E-state index contributed by atoms with van der Waals surface area (Å²) in [5, 5.41) is 3.27. The maximum absolute atomic E-state index is 14.3. The molecule has 154 valence electrons. The van der Waals surface area contributed by atoms with Gasteiger partial charge in [0.25, 0.3) is 0 Å². The van der Waals surface area contributed by atoms with E-state index in [9.17, 15) is 12.8 Å². The predicted molar refractivity (Wildman–Crippen MR) is 103 cm³/mol. The van der Waals surface area contributed by atoms with Crippen molar-refractivity contribution in [2.75, 3.05) is 39.5 Å². The Morgan fingerprint density at radius 2 is 2.11 bits per heavy atom. The molecule has 27 heavy (non-hydrogen) atoms. The number of sulfonamides is 1. The molecule has 0 aliphatic carbocycles. The van der Waals surface area contributed by atoms with Crippen LogP contribution in [-0.4, -0.2) is 47.9 Å². The maximum atomic E-state index is 14.3. The van der Waals surface area contributed by atoms with Crippen LogP contribution >= 0.6 is 12.4 Å². The van der Waals surface area contributed by atoms with Crippen LogP contribution in [0.4, 0.5) is 4.39 Å². The van der Waals surface area contributed by atoms with Crippen molar-refractivity contribution < 1.29 is 22.3 Å². The summed E-state index contributed by atoms with van der Waals surface area (Å²) in [4.78, 5) is -0.0796. The molecule has 2 N–H and O–H groups in total. The van der Waals surface area contributed by atoms with Crippen molar-refractivity contribution in [2.45, 2.75) is 31.1 Å². The van der Waals surface area contributed by atoms with E-state index in [1.807, 2.05) is 0 Å². The van der Waals surface area contributed by atoms with Crippen molar-refractivity contribution in [3.05, 3.63) is 24.0 Å². The highest BCUT2D eigenvalue weighted by Crippen LogP contribution is 2.28. The Morgan fingerprint density at radius 3 is 2.74 bits per heavy atom. The van der Waals surface area contributed by atoms with Gasteiger partial charge < -0.3 is 14.8 Å². The monoisotopic (exact) mass is 422 g/mol. The number of ether oxygens (including phenoxy) is 2. The van der Waals surface area contributed by atoms with Crippen LogP contribution in [-0.2, 0) is 14.8 Å². The van der Waals surface area contributed by atoms with Crippen LogP contribution in [0.1, 0.15) is 26.2 Å². The van der Waals surface area contributed by atoms with Gasteiger partial charge in [-0.05, 0) is 56.0 Å². The highest BCUT2D eigenvalue weighted by molar-refractivity contribution is 7.89. The van der Waals surface area contributed by atoms with E-state index in [2.05, 4.69) is 17.0 Å². The molecule has 2 fully saturated rings. The van der Waals surface area contributed by atoms with Crippen LogP contribution in [0.3, 0.4) is 0 Å². The summed E-state index contributed by atoms with van der Waals surface area (Å²) in [6.45, 7) is 5.86. The SMILES string of the molecule is CC1(CNS(=O)(=O)c2ccc(OCC3CCOC3)c(F)c2)CCNCC1.Cl. The summed E-state index contributed by atoms with van der Waals surface area (Å²) in [6.07, 6.45) is 2.70. The summed E-state index contributed by atoms with van der Waals surface area (Å²) in [5.74, 6) is -0.341. The normalized spacial score (nSPS) is 22.2. The largest absolute Gasteiger partial charge is 0.490 e. The fourth-order valence-corrected chi connectivity index (χ4v) is 4.46. The van der Waals surface area contributed by atoms with E-state index in [1.54, 1.807) is 0 Å². The van der Waals surface area contributed by atoms with E-state index in [4.69, 9.17) is 9.47 Å². The van der Waals surface area contributed by atoms with E-state index >= 15 is 0 Å². The van der Waals surface area contributed by atoms with Gasteiger partial charge in [-0.25, -0.2) is 17.5 Å². The Hall–Kier alpha value is -0.930. The fourth-order valence-electron chi connectivity index (χ4n) is 3.25. The van der Waals surface area contributed by atoms with Gasteiger partial charge >= 0.3 is 0 Å². The maximum Gasteiger partial charge on any atom is 0.240 e. The standard InChI is InChI=1S/C18H27FN2O4S.ClH/c1-18(5-7-20-8-6-18)13-21-26(22,23)15-2-3-17(16(19)10-15)25-12-14-4-9-24-11-14;/h2-3,10,14,20-21H,4-9,11-13H2,1H3;1H. The van der Waals surface area contributed by atoms with Gasteiger partial charge in [-0.1, -0.05) is 6.92 Å². The number of nitrogens with one attached hydrogen (secondary N) is 2. The molecule has 2 heterocycles. The Morgan fingerprint density at radius 1 is 1.37 bits per heavy atom. The van der Waals surface area contributed by atoms with Crippen molar-refractivity contribution >= 4 is 22.4 Å². The third-order valence-electron chi connectivity index (χ3n) is 5.21. The Labute approximate surface area is 166 Å². The van der Waals surface area contributed by atoms with Crippen LogP contribution in [0, 0.1) is 17.2 Å². The molecule has 1 unspecified atom stereocenters. The molecule has 1 aromatic carbocycles. The molecule has 9 heteroatoms. The molecular weight excluding hydrogens is 395 g/mol. The molecule has 2 aliphatic heterocycles. The fraction of sp³-hybridized carbons (Fsp3) is 0.667. The van der Waals surface area contributed by atoms with Crippen LogP contribution in [0.5, 0.6) is 5.75 Å². The third-order valence-corrected chi connectivity index (χ3v) is 6.61. The molecule has 0 saturated carbocycles. The molecule has 1 atom stereocenters. The average Bonchev–Trinajstić information content (AvgIpc) is 3.13. The van der Waals surface area contributed by atoms with Crippen LogP contribution in [0.25, 0.3) is 0 Å². The molecule has 2 saturated heterocycles. The smallest absolute Gasteiger partial charge is 0.240 e. The topological polar surface area (TPSA) is 76.7 Å². The van der Waals surface area contributed by atoms with E-state index in [0.717, 1.165) is 38.4 Å². The molecule has 0 aromatic heterocycles. The first-order valence-corrected chi connectivity index (χ1v) is 10.6. The number of hydrogen-bond acceptors (Lipinski definition) is 5. The summed E-state index contributed by atoms with van der Waals surface area (Å²) < 4.78 is 52.6. The minimum absolute atomic E-state index is 0. The van der Waals surface area contributed by atoms with Crippen molar-refractivity contribution in [2.24, 2.45) is 11.3 Å². The number of benzene rings is 1. The zero-order valence-corrected chi connectivity index (χ0v) is 17.1. The van der Waals surface area contributed by atoms with Gasteiger partial charge in [-0.15, -0.1) is 12.4 Å². The Balaban J connectivity index is 0.00000261. The lowest BCUT2D eigenvalue weighted by Crippen LogP contribution is -2.42. The van der Waals surface area contributed by atoms with Crippen LogP contribution < -0.4 is 14.8 Å². The minimum Gasteiger partial charge on any atom is -0.490 e. The van der Waals surface area contributed by atoms with Gasteiger partial charge in [0.1, 0.15) is 0 Å². The third kappa shape index (κ3) is 6.02. The van der Waals surface area contributed by atoms with Gasteiger partial charge in [0.15, 0.2) is 11.6 Å². The molecule has 0 radical (unpaired) electrons. The van der Waals surface area contributed by atoms with E-state index in [-0.39, 0.29) is 34.4 Å². The van der Waals surface area contributed by atoms with E-state index < -0.39 is 15.8 Å². The first-order valence-electron chi connectivity index (χ1n) is 9.08. The predicted octanol–water partition coefficient (Wildman–Crippen LogP) is 2.33. The summed E-state index contributed by atoms with van der Waals surface area (Å²) >= 11 is 0. The Kier molecular flexibility index (Phi) is 7.88. The molecular formula is C18H28ClFN2O4S. The van der Waals surface area contributed by atoms with Gasteiger partial charge in [0.05, 0.1) is 18.1 Å². The van der Waals surface area contributed by atoms with Gasteiger partial charge in [0, 0.05) is 19.1 Å². The van der Waals surface area contributed by atoms with E-state index in [1.165, 1.54) is 12.1 Å². The zero-order chi connectivity index (χ0) is 18.6. The quantitative estimate of drug-likeness (QED) is 0.705. The summed E-state index contributed by atoms with van der Waals surface area (Å²) in [6, 6.07) is 3.79. The average molecular weight is 423 g/mol. The van der Waals surface area contributed by atoms with Crippen molar-refractivity contribution in [3.63, 3.8) is 0 Å². The van der Waals surface area contributed by atoms with Crippen LogP contribution in [0.15, 0.2) is 23.1 Å². The highest BCUT2D eigenvalue weighted by Gasteiger charge is 2.29. The van der Waals surface area contributed by atoms with Crippen molar-refractivity contribution in [1.82, 2.24) is 10.0 Å². The molecule has 3 rings (SSSR count). The van der Waals surface area contributed by atoms with Gasteiger partial charge in [0.2, 0.25) is 10.0 Å². The van der Waals surface area contributed by atoms with Gasteiger partial charge in [-0.2, -0.15) is 0 Å². The van der Waals surface area contributed by atoms with E-state index in [0.29, 0.717) is 26.4 Å². The lowest BCUT2D eigenvalue weighted by molar-refractivity contribution is 0.165. The van der Waals surface area contributed by atoms with Crippen molar-refractivity contribution in [1.29, 1.82) is 0 Å². The number of hydrogen-bond donors (Lipinski definition) is 2. The number of halogens is 2. The molecule has 0 amide bonds. The first kappa shape index (κ1) is 22.4. The van der Waals surface area contributed by atoms with Gasteiger partial charge in [-0.3, -0.25) is 0 Å². The molecule has 6 nitrogen and oxygen atoms in total. The van der Waals surface area contributed by atoms with Crippen LogP contribution in [0.2, 0.25) is 0 Å². The molecule has 0 bridgehead atoms. The lowest BCUT2D eigenvalue weighted by Gasteiger charge is -2.34. The first-order chi connectivity index (χ1) is 12.4. The number of piperidine rings is 1. The Bertz CT molecular complexity index is 720. The summed E-state index contributed by atoms with van der Waals surface area (Å²) in [5.41, 5.74) is -0.0801. The lowest BCUT2D eigenvalue weighted by atomic mass is 9.81.